The van der Waals surface area contributed by atoms with Crippen molar-refractivity contribution >= 4 is 22.1 Å². The first-order valence-electron chi connectivity index (χ1n) is 7.86. The van der Waals surface area contributed by atoms with Crippen LogP contribution in [-0.2, 0) is 11.2 Å². The lowest BCUT2D eigenvalue weighted by Crippen LogP contribution is -2.55. The van der Waals surface area contributed by atoms with Gasteiger partial charge in [-0.25, -0.2) is 0 Å². The van der Waals surface area contributed by atoms with Crippen molar-refractivity contribution in [1.82, 2.24) is 0 Å². The van der Waals surface area contributed by atoms with Gasteiger partial charge in [0.15, 0.2) is 0 Å². The first kappa shape index (κ1) is 25.6. The summed E-state index contributed by atoms with van der Waals surface area (Å²) in [6.07, 6.45) is -26.3. The van der Waals surface area contributed by atoms with Crippen LogP contribution in [0, 0.1) is 0 Å². The third-order valence-electron chi connectivity index (χ3n) is 4.63. The Morgan fingerprint density at radius 1 is 0.469 bits per heavy atom. The molecule has 180 valence electrons. The molecule has 2 aromatic rings. The van der Waals surface area contributed by atoms with Crippen LogP contribution in [0.15, 0.2) is 24.3 Å². The van der Waals surface area contributed by atoms with Gasteiger partial charge in [-0.3, -0.25) is 0 Å². The lowest BCUT2D eigenvalue weighted by Gasteiger charge is -2.36. The Kier molecular flexibility index (Phi) is 5.56. The molecule has 32 heavy (non-hydrogen) atoms. The van der Waals surface area contributed by atoms with Gasteiger partial charge in [0.25, 0.3) is 11.2 Å². The van der Waals surface area contributed by atoms with Gasteiger partial charge in [-0.05, 0) is 22.9 Å². The fourth-order valence-corrected chi connectivity index (χ4v) is 3.14. The number of alkyl halides is 12. The Labute approximate surface area is 169 Å². The van der Waals surface area contributed by atoms with Gasteiger partial charge in [0.2, 0.25) is 0 Å². The Morgan fingerprint density at radius 2 is 0.688 bits per heavy atom. The van der Waals surface area contributed by atoms with E-state index in [-0.39, 0.29) is 24.3 Å². The van der Waals surface area contributed by atoms with Crippen molar-refractivity contribution in [3.63, 3.8) is 0 Å². The molecular weight excluding hydrogens is 480 g/mol. The van der Waals surface area contributed by atoms with Crippen molar-refractivity contribution in [2.75, 3.05) is 11.5 Å². The molecule has 16 heteroatoms. The number of fused-ring (bicyclic) bond motifs is 1. The molecule has 0 fully saturated rings. The van der Waals surface area contributed by atoms with Crippen LogP contribution in [0.3, 0.4) is 0 Å². The van der Waals surface area contributed by atoms with Gasteiger partial charge in [0.05, 0.1) is 0 Å². The Morgan fingerprint density at radius 3 is 0.875 bits per heavy atom. The lowest BCUT2D eigenvalue weighted by molar-refractivity contribution is -0.376. The number of rotatable bonds is 2. The number of anilines is 2. The van der Waals surface area contributed by atoms with Crippen molar-refractivity contribution in [3.05, 3.63) is 35.4 Å². The van der Waals surface area contributed by atoms with Gasteiger partial charge < -0.3 is 21.7 Å². The maximum atomic E-state index is 13.3. The normalized spacial score (nSPS) is 14.8. The van der Waals surface area contributed by atoms with Gasteiger partial charge in [-0.15, -0.1) is 0 Å². The molecule has 0 bridgehead atoms. The number of hydrogen-bond acceptors (Lipinski definition) is 4. The van der Waals surface area contributed by atoms with Crippen molar-refractivity contribution in [2.45, 2.75) is 35.9 Å². The predicted molar refractivity (Wildman–Crippen MR) is 84.8 cm³/mol. The summed E-state index contributed by atoms with van der Waals surface area (Å²) in [6, 6.07) is 0.622. The molecule has 2 aromatic carbocycles. The minimum atomic E-state index is -6.57. The molecule has 0 atom stereocenters. The first-order valence-corrected chi connectivity index (χ1v) is 7.86. The third-order valence-corrected chi connectivity index (χ3v) is 4.63. The first-order chi connectivity index (χ1) is 14.0. The molecule has 0 aliphatic rings. The molecular formula is C16H10F12N2O2. The second-order valence-electron chi connectivity index (χ2n) is 6.57. The summed E-state index contributed by atoms with van der Waals surface area (Å²) in [5, 5.41) is 16.1. The standard InChI is InChI=1S/C16H10F12N2O2/c17-13(18,19)11(31,14(20,21)22)9-5-1-3-7(29)10(6(5)2-4-8(9)30)12(32,15(23,24)25)16(26,27)28/h1-4,31-32H,29-30H2. The van der Waals surface area contributed by atoms with E-state index in [0.29, 0.717) is 0 Å². The highest BCUT2D eigenvalue weighted by Crippen LogP contribution is 2.57. The van der Waals surface area contributed by atoms with Crippen molar-refractivity contribution in [3.8, 4) is 0 Å². The fraction of sp³-hybridized carbons (Fsp3) is 0.375. The minimum absolute atomic E-state index is 0.107. The Bertz CT molecular complexity index is 926. The molecule has 0 aliphatic carbocycles. The maximum absolute atomic E-state index is 13.3. The van der Waals surface area contributed by atoms with Gasteiger partial charge in [-0.2, -0.15) is 52.7 Å². The van der Waals surface area contributed by atoms with E-state index in [2.05, 4.69) is 0 Å². The molecule has 0 spiro atoms. The van der Waals surface area contributed by atoms with E-state index in [1.54, 1.807) is 0 Å². The van der Waals surface area contributed by atoms with Crippen LogP contribution in [0.2, 0.25) is 0 Å². The fourth-order valence-electron chi connectivity index (χ4n) is 3.14. The van der Waals surface area contributed by atoms with E-state index in [1.807, 2.05) is 0 Å². The molecule has 0 aliphatic heterocycles. The molecule has 2 rings (SSSR count). The van der Waals surface area contributed by atoms with Crippen LogP contribution in [0.25, 0.3) is 10.8 Å². The van der Waals surface area contributed by atoms with Gasteiger partial charge in [-0.1, -0.05) is 12.1 Å². The third kappa shape index (κ3) is 3.35. The van der Waals surface area contributed by atoms with Gasteiger partial charge >= 0.3 is 24.7 Å². The summed E-state index contributed by atoms with van der Waals surface area (Å²) in [7, 11) is 0. The Hall–Kier alpha value is -2.62. The number of hydrogen-bond donors (Lipinski definition) is 4. The summed E-state index contributed by atoms with van der Waals surface area (Å²) >= 11 is 0. The van der Waals surface area contributed by atoms with Crippen LogP contribution in [-0.4, -0.2) is 34.9 Å². The summed E-state index contributed by atoms with van der Waals surface area (Å²) in [6.45, 7) is 0. The van der Waals surface area contributed by atoms with Crippen molar-refractivity contribution in [2.24, 2.45) is 0 Å². The monoisotopic (exact) mass is 490 g/mol. The largest absolute Gasteiger partial charge is 0.430 e. The summed E-state index contributed by atoms with van der Waals surface area (Å²) in [5.74, 6) is 0. The SMILES string of the molecule is Nc1ccc2c(C(O)(C(F)(F)F)C(F)(F)F)c(N)ccc2c1C(O)(C(F)(F)F)C(F)(F)F. The smallest absolute Gasteiger partial charge is 0.398 e. The molecule has 0 saturated heterocycles. The highest BCUT2D eigenvalue weighted by atomic mass is 19.4. The number of aliphatic hydroxyl groups is 2. The minimum Gasteiger partial charge on any atom is -0.398 e. The van der Waals surface area contributed by atoms with E-state index < -0.39 is 69.2 Å². The zero-order valence-electron chi connectivity index (χ0n) is 14.9. The highest BCUT2D eigenvalue weighted by molar-refractivity contribution is 5.96. The average Bonchev–Trinajstić information content (AvgIpc) is 2.56. The van der Waals surface area contributed by atoms with E-state index >= 15 is 0 Å². The van der Waals surface area contributed by atoms with E-state index in [4.69, 9.17) is 11.5 Å². The summed E-state index contributed by atoms with van der Waals surface area (Å²) < 4.78 is 160. The quantitative estimate of drug-likeness (QED) is 0.365. The van der Waals surface area contributed by atoms with Crippen LogP contribution >= 0.6 is 0 Å². The zero-order valence-corrected chi connectivity index (χ0v) is 14.9. The van der Waals surface area contributed by atoms with Gasteiger partial charge in [0, 0.05) is 22.5 Å². The zero-order chi connectivity index (χ0) is 25.3. The van der Waals surface area contributed by atoms with E-state index in [1.165, 1.54) is 0 Å². The number of halogens is 12. The molecule has 0 saturated carbocycles. The number of nitrogen functional groups attached to an aromatic ring is 2. The molecule has 6 N–H and O–H groups in total. The van der Waals surface area contributed by atoms with Crippen molar-refractivity contribution < 1.29 is 62.9 Å². The molecule has 0 heterocycles. The van der Waals surface area contributed by atoms with Crippen LogP contribution < -0.4 is 11.5 Å². The average molecular weight is 490 g/mol. The van der Waals surface area contributed by atoms with E-state index in [0.717, 1.165) is 0 Å². The topological polar surface area (TPSA) is 92.5 Å². The van der Waals surface area contributed by atoms with Crippen LogP contribution in [0.1, 0.15) is 11.1 Å². The summed E-state index contributed by atoms with van der Waals surface area (Å²) in [5.41, 5.74) is -8.83. The second-order valence-corrected chi connectivity index (χ2v) is 6.57. The second kappa shape index (κ2) is 6.94. The van der Waals surface area contributed by atoms with Crippen LogP contribution in [0.4, 0.5) is 64.1 Å². The van der Waals surface area contributed by atoms with Crippen molar-refractivity contribution in [1.29, 1.82) is 0 Å². The molecule has 0 unspecified atom stereocenters. The predicted octanol–water partition coefficient (Wildman–Crippen LogP) is 4.63. The number of nitrogens with two attached hydrogens (primary N) is 2. The van der Waals surface area contributed by atoms with Crippen LogP contribution in [0.5, 0.6) is 0 Å². The molecule has 4 nitrogen and oxygen atoms in total. The summed E-state index contributed by atoms with van der Waals surface area (Å²) in [4.78, 5) is 0. The van der Waals surface area contributed by atoms with E-state index in [9.17, 15) is 62.9 Å². The maximum Gasteiger partial charge on any atom is 0.430 e. The number of benzene rings is 2. The van der Waals surface area contributed by atoms with Gasteiger partial charge in [0.1, 0.15) is 0 Å². The Balaban J connectivity index is 3.20. The lowest BCUT2D eigenvalue weighted by atomic mass is 9.81. The molecule has 0 aromatic heterocycles. The highest BCUT2D eigenvalue weighted by Gasteiger charge is 2.74. The molecule has 0 radical (unpaired) electrons. The molecule has 0 amide bonds.